The average molecular weight is 685 g/mol. The molecule has 254 valence electrons. The summed E-state index contributed by atoms with van der Waals surface area (Å²) in [7, 11) is -4.38. The maximum Gasteiger partial charge on any atom is 0.511 e. The molecule has 3 heterocycles. The Morgan fingerprint density at radius 2 is 1.72 bits per heavy atom. The summed E-state index contributed by atoms with van der Waals surface area (Å²) >= 11 is 0. The zero-order chi connectivity index (χ0) is 33.9. The van der Waals surface area contributed by atoms with Crippen LogP contribution in [-0.2, 0) is 30.4 Å². The molecule has 1 aliphatic heterocycles. The molecule has 1 fully saturated rings. The minimum atomic E-state index is -4.70. The van der Waals surface area contributed by atoms with Crippen LogP contribution in [0.25, 0.3) is 16.9 Å². The molecule has 19 heteroatoms. The van der Waals surface area contributed by atoms with E-state index in [4.69, 9.17) is 23.7 Å². The first-order chi connectivity index (χ1) is 22.2. The van der Waals surface area contributed by atoms with Gasteiger partial charge in [0.25, 0.3) is 16.8 Å². The fraction of sp³-hybridized carbons (Fsp3) is 0.393. The second-order valence-corrected chi connectivity index (χ2v) is 12.4. The predicted octanol–water partition coefficient (Wildman–Crippen LogP) is 4.23. The molecular formula is C28H31F3N6O9S. The van der Waals surface area contributed by atoms with Gasteiger partial charge >= 0.3 is 18.4 Å². The van der Waals surface area contributed by atoms with Crippen molar-refractivity contribution in [3.8, 4) is 16.9 Å². The molecule has 1 saturated heterocycles. The number of benzene rings is 2. The number of halogens is 3. The Balaban J connectivity index is 1.14. The molecule has 47 heavy (non-hydrogen) atoms. The van der Waals surface area contributed by atoms with Crippen molar-refractivity contribution in [1.29, 1.82) is 0 Å². The van der Waals surface area contributed by atoms with Gasteiger partial charge in [0.05, 0.1) is 22.4 Å². The molecule has 1 amide bonds. The van der Waals surface area contributed by atoms with Gasteiger partial charge < -0.3 is 19.0 Å². The van der Waals surface area contributed by atoms with Crippen LogP contribution in [0.15, 0.2) is 64.1 Å². The molecule has 0 spiro atoms. The Bertz CT molecular complexity index is 1780. The lowest BCUT2D eigenvalue weighted by Crippen LogP contribution is -2.44. The number of amides is 1. The van der Waals surface area contributed by atoms with Crippen molar-refractivity contribution < 1.29 is 54.9 Å². The summed E-state index contributed by atoms with van der Waals surface area (Å²) in [6.07, 6.45) is -7.06. The molecule has 4 aromatic rings. The summed E-state index contributed by atoms with van der Waals surface area (Å²) in [6.45, 7) is 5.44. The van der Waals surface area contributed by atoms with Crippen LogP contribution in [0, 0.1) is 6.92 Å². The van der Waals surface area contributed by atoms with Crippen molar-refractivity contribution in [2.45, 2.75) is 56.9 Å². The van der Waals surface area contributed by atoms with Crippen LogP contribution in [0.1, 0.15) is 37.9 Å². The van der Waals surface area contributed by atoms with E-state index >= 15 is 0 Å². The van der Waals surface area contributed by atoms with E-state index in [1.165, 1.54) is 17.1 Å². The minimum Gasteiger partial charge on any atom is -0.445 e. The van der Waals surface area contributed by atoms with E-state index in [1.807, 2.05) is 11.6 Å². The summed E-state index contributed by atoms with van der Waals surface area (Å²) < 4.78 is 89.2. The zero-order valence-electron chi connectivity index (χ0n) is 25.3. The van der Waals surface area contributed by atoms with Gasteiger partial charge in [0.2, 0.25) is 0 Å². The van der Waals surface area contributed by atoms with Gasteiger partial charge in [-0.1, -0.05) is 29.8 Å². The van der Waals surface area contributed by atoms with E-state index in [9.17, 15) is 31.2 Å². The van der Waals surface area contributed by atoms with Gasteiger partial charge in [0.1, 0.15) is 11.1 Å². The Hall–Kier alpha value is -5.07. The number of nitrogens with one attached hydrogen (secondary N) is 1. The Kier molecular flexibility index (Phi) is 9.45. The Morgan fingerprint density at radius 3 is 2.34 bits per heavy atom. The number of piperidine rings is 1. The molecule has 2 aromatic carbocycles. The van der Waals surface area contributed by atoms with Gasteiger partial charge in [-0.05, 0) is 51.1 Å². The summed E-state index contributed by atoms with van der Waals surface area (Å²) in [4.78, 5) is 29.9. The van der Waals surface area contributed by atoms with Crippen molar-refractivity contribution in [1.82, 2.24) is 24.5 Å². The zero-order valence-corrected chi connectivity index (χ0v) is 26.2. The fourth-order valence-electron chi connectivity index (χ4n) is 4.51. The molecule has 0 radical (unpaired) electrons. The van der Waals surface area contributed by atoms with Crippen LogP contribution in [-0.4, -0.2) is 72.5 Å². The number of alkyl halides is 3. The number of aromatic nitrogens is 4. The molecule has 1 aliphatic rings. The molecule has 0 aliphatic carbocycles. The molecule has 0 bridgehead atoms. The lowest BCUT2D eigenvalue weighted by atomic mass is 10.1. The summed E-state index contributed by atoms with van der Waals surface area (Å²) in [5.74, 6) is 0. The average Bonchev–Trinajstić information content (AvgIpc) is 3.62. The molecule has 0 unspecified atom stereocenters. The van der Waals surface area contributed by atoms with Gasteiger partial charge in [-0.25, -0.2) is 27.4 Å². The highest BCUT2D eigenvalue weighted by Crippen LogP contribution is 2.33. The SMILES string of the molecule is Cc1ccc(-c2cc(C(F)(F)F)nn2-c2ccc(S(=O)(=O)NC(=O)OC3CCN(n4on4OCOC(=O)OC(C)C)CC3)cc2)cc1. The van der Waals surface area contributed by atoms with E-state index in [1.54, 1.807) is 43.1 Å². The van der Waals surface area contributed by atoms with Crippen molar-refractivity contribution in [3.63, 3.8) is 0 Å². The Morgan fingerprint density at radius 1 is 1.06 bits per heavy atom. The van der Waals surface area contributed by atoms with Crippen molar-refractivity contribution in [2.75, 3.05) is 24.9 Å². The third-order valence-corrected chi connectivity index (χ3v) is 8.15. The number of rotatable bonds is 10. The van der Waals surface area contributed by atoms with E-state index in [2.05, 4.69) is 5.10 Å². The van der Waals surface area contributed by atoms with Gasteiger partial charge in [-0.2, -0.15) is 22.9 Å². The first-order valence-electron chi connectivity index (χ1n) is 14.3. The molecule has 0 saturated carbocycles. The number of carbonyl (C=O) groups is 2. The highest BCUT2D eigenvalue weighted by molar-refractivity contribution is 7.90. The van der Waals surface area contributed by atoms with Gasteiger partial charge in [0.15, 0.2) is 5.69 Å². The third kappa shape index (κ3) is 8.40. The number of sulfonamides is 1. The number of hydrogen-bond donors (Lipinski definition) is 1. The molecule has 1 N–H and O–H groups in total. The summed E-state index contributed by atoms with van der Waals surface area (Å²) in [5.41, 5.74) is 0.616. The van der Waals surface area contributed by atoms with E-state index in [-0.39, 0.29) is 22.4 Å². The second kappa shape index (κ2) is 13.3. The van der Waals surface area contributed by atoms with E-state index in [0.717, 1.165) is 33.5 Å². The number of aryl methyl sites for hydroxylation is 1. The number of carbonyl (C=O) groups excluding carboxylic acids is 2. The van der Waals surface area contributed by atoms with E-state index < -0.39 is 47.0 Å². The second-order valence-electron chi connectivity index (χ2n) is 10.7. The first-order valence-corrected chi connectivity index (χ1v) is 15.8. The van der Waals surface area contributed by atoms with Crippen molar-refractivity contribution in [2.24, 2.45) is 0 Å². The summed E-state index contributed by atoms with van der Waals surface area (Å²) in [5, 5.41) is 6.40. The van der Waals surface area contributed by atoms with Crippen molar-refractivity contribution >= 4 is 22.3 Å². The quantitative estimate of drug-likeness (QED) is 0.188. The lowest BCUT2D eigenvalue weighted by molar-refractivity contribution is -0.141. The highest BCUT2D eigenvalue weighted by Gasteiger charge is 2.35. The fourth-order valence-corrected chi connectivity index (χ4v) is 5.39. The predicted molar refractivity (Wildman–Crippen MR) is 155 cm³/mol. The van der Waals surface area contributed by atoms with Crippen LogP contribution >= 0.6 is 0 Å². The first kappa shape index (κ1) is 33.3. The molecule has 15 nitrogen and oxygen atoms in total. The minimum absolute atomic E-state index is 0.156. The number of hydrogen-bond acceptors (Lipinski definition) is 11. The van der Waals surface area contributed by atoms with Crippen LogP contribution in [0.5, 0.6) is 0 Å². The van der Waals surface area contributed by atoms with E-state index in [0.29, 0.717) is 31.5 Å². The van der Waals surface area contributed by atoms with Crippen LogP contribution in [0.3, 0.4) is 0 Å². The molecular weight excluding hydrogens is 653 g/mol. The van der Waals surface area contributed by atoms with Crippen LogP contribution < -0.4 is 14.6 Å². The van der Waals surface area contributed by atoms with Crippen LogP contribution in [0.4, 0.5) is 22.8 Å². The molecule has 0 atom stereocenters. The smallest absolute Gasteiger partial charge is 0.445 e. The molecule has 2 aromatic heterocycles. The van der Waals surface area contributed by atoms with Gasteiger partial charge in [0, 0.05) is 36.5 Å². The highest BCUT2D eigenvalue weighted by atomic mass is 32.2. The Labute approximate surface area is 266 Å². The number of ether oxygens (including phenoxy) is 3. The summed E-state index contributed by atoms with van der Waals surface area (Å²) in [6, 6.07) is 12.6. The van der Waals surface area contributed by atoms with Gasteiger partial charge in [-0.3, -0.25) is 5.01 Å². The topological polar surface area (TPSA) is 161 Å². The van der Waals surface area contributed by atoms with Crippen LogP contribution in [0.2, 0.25) is 0 Å². The maximum absolute atomic E-state index is 13.5. The normalized spacial score (nSPS) is 14.3. The lowest BCUT2D eigenvalue weighted by Gasteiger charge is -2.28. The van der Waals surface area contributed by atoms with Crippen molar-refractivity contribution in [3.05, 3.63) is 65.9 Å². The monoisotopic (exact) mass is 684 g/mol. The maximum atomic E-state index is 13.5. The van der Waals surface area contributed by atoms with Gasteiger partial charge in [-0.15, -0.1) is 0 Å². The number of nitrogens with zero attached hydrogens (tertiary/aromatic N) is 5. The third-order valence-electron chi connectivity index (χ3n) is 6.82. The largest absolute Gasteiger partial charge is 0.511 e. The molecule has 5 rings (SSSR count). The standard InChI is InChI=1S/C28H31F3N6O9S/c1-18(2)44-27(39)42-17-43-37-36(46-37)34-14-12-22(13-15-34)45-26(38)33-47(40,41)23-10-8-21(9-11-23)35-24(16-25(32-35)28(29,30)31)20-6-4-19(3)5-7-20/h4-11,16,18,22H,12-15,17H2,1-3H3,(H,33,38).